The minimum Gasteiger partial charge on any atom is -0.493 e. The zero-order chi connectivity index (χ0) is 27.9. The van der Waals surface area contributed by atoms with Crippen molar-refractivity contribution in [1.82, 2.24) is 19.8 Å². The van der Waals surface area contributed by atoms with Crippen LogP contribution < -0.4 is 14.8 Å². The molecule has 0 bridgehead atoms. The molecule has 2 aliphatic rings. The lowest BCUT2D eigenvalue weighted by molar-refractivity contribution is -0.138. The highest BCUT2D eigenvalue weighted by Gasteiger charge is 2.33. The largest absolute Gasteiger partial charge is 0.493 e. The number of ether oxygens (including phenoxy) is 2. The van der Waals surface area contributed by atoms with Gasteiger partial charge in [0.25, 0.3) is 5.91 Å². The predicted molar refractivity (Wildman–Crippen MR) is 156 cm³/mol. The van der Waals surface area contributed by atoms with Gasteiger partial charge in [-0.3, -0.25) is 9.59 Å². The normalized spacial score (nSPS) is 16.6. The molecule has 0 saturated heterocycles. The van der Waals surface area contributed by atoms with E-state index in [0.717, 1.165) is 42.5 Å². The summed E-state index contributed by atoms with van der Waals surface area (Å²) in [5.74, 6) is 1.91. The second-order valence-corrected chi connectivity index (χ2v) is 11.1. The highest BCUT2D eigenvalue weighted by atomic mass is 16.5. The van der Waals surface area contributed by atoms with Crippen LogP contribution in [0.25, 0.3) is 11.0 Å². The molecule has 2 aliphatic carbocycles. The van der Waals surface area contributed by atoms with Gasteiger partial charge in [0.2, 0.25) is 5.91 Å². The van der Waals surface area contributed by atoms with Gasteiger partial charge in [-0.1, -0.05) is 50.7 Å². The number of nitrogens with zero attached hydrogens (tertiary/aromatic N) is 3. The average Bonchev–Trinajstić information content (AvgIpc) is 3.34. The molecule has 8 nitrogen and oxygen atoms in total. The molecule has 2 aromatic carbocycles. The summed E-state index contributed by atoms with van der Waals surface area (Å²) in [5.41, 5.74) is 2.33. The minimum atomic E-state index is -0.194. The molecule has 0 spiro atoms. The molecule has 40 heavy (non-hydrogen) atoms. The monoisotopic (exact) mass is 546 g/mol. The Kier molecular flexibility index (Phi) is 9.24. The van der Waals surface area contributed by atoms with Crippen LogP contribution in [0.15, 0.2) is 42.5 Å². The third kappa shape index (κ3) is 6.26. The van der Waals surface area contributed by atoms with Crippen LogP contribution in [0, 0.1) is 0 Å². The van der Waals surface area contributed by atoms with E-state index < -0.39 is 0 Å². The summed E-state index contributed by atoms with van der Waals surface area (Å²) < 4.78 is 12.7. The van der Waals surface area contributed by atoms with Crippen LogP contribution in [-0.4, -0.2) is 59.1 Å². The van der Waals surface area contributed by atoms with Gasteiger partial charge in [0.15, 0.2) is 11.5 Å². The number of benzene rings is 2. The van der Waals surface area contributed by atoms with Crippen LogP contribution in [0.2, 0.25) is 0 Å². The fraction of sp³-hybridized carbons (Fsp3) is 0.531. The lowest BCUT2D eigenvalue weighted by Gasteiger charge is -2.42. The van der Waals surface area contributed by atoms with Crippen LogP contribution >= 0.6 is 0 Å². The fourth-order valence-electron chi connectivity index (χ4n) is 6.50. The molecule has 1 N–H and O–H groups in total. The van der Waals surface area contributed by atoms with Crippen molar-refractivity contribution in [2.24, 2.45) is 0 Å². The molecule has 2 fully saturated rings. The summed E-state index contributed by atoms with van der Waals surface area (Å²) in [6, 6.07) is 13.8. The first-order valence-electron chi connectivity index (χ1n) is 14.8. The van der Waals surface area contributed by atoms with Crippen molar-refractivity contribution in [3.8, 4) is 11.5 Å². The quantitative estimate of drug-likeness (QED) is 0.362. The molecule has 0 atom stereocenters. The van der Waals surface area contributed by atoms with Gasteiger partial charge in [-0.25, -0.2) is 4.98 Å². The lowest BCUT2D eigenvalue weighted by Crippen LogP contribution is -2.50. The van der Waals surface area contributed by atoms with E-state index in [1.54, 1.807) is 32.4 Å². The number of rotatable bonds is 10. The number of amides is 2. The number of carbonyl (C=O) groups excluding carboxylic acids is 2. The van der Waals surface area contributed by atoms with Crippen molar-refractivity contribution < 1.29 is 19.1 Å². The number of aromatic nitrogens is 2. The smallest absolute Gasteiger partial charge is 0.251 e. The van der Waals surface area contributed by atoms with Crippen LogP contribution in [0.3, 0.4) is 0 Å². The molecule has 2 saturated carbocycles. The Hall–Kier alpha value is -3.55. The molecule has 5 rings (SSSR count). The lowest BCUT2D eigenvalue weighted by atomic mass is 9.88. The van der Waals surface area contributed by atoms with Crippen LogP contribution in [0.1, 0.15) is 80.4 Å². The molecule has 0 radical (unpaired) electrons. The molecule has 1 aromatic heterocycles. The Bertz CT molecular complexity index is 1290. The molecule has 3 aromatic rings. The van der Waals surface area contributed by atoms with Crippen molar-refractivity contribution in [2.45, 2.75) is 89.3 Å². The highest BCUT2D eigenvalue weighted by Crippen LogP contribution is 2.31. The molecule has 1 heterocycles. The number of carbonyl (C=O) groups is 2. The van der Waals surface area contributed by atoms with Crippen molar-refractivity contribution in [3.05, 3.63) is 53.9 Å². The van der Waals surface area contributed by atoms with Crippen molar-refractivity contribution in [1.29, 1.82) is 0 Å². The van der Waals surface area contributed by atoms with E-state index in [2.05, 4.69) is 14.8 Å². The van der Waals surface area contributed by atoms with E-state index in [1.165, 1.54) is 38.5 Å². The summed E-state index contributed by atoms with van der Waals surface area (Å²) >= 11 is 0. The topological polar surface area (TPSA) is 85.7 Å². The van der Waals surface area contributed by atoms with Gasteiger partial charge in [0.1, 0.15) is 12.4 Å². The molecule has 0 aliphatic heterocycles. The maximum Gasteiger partial charge on any atom is 0.251 e. The van der Waals surface area contributed by atoms with Crippen molar-refractivity contribution in [2.75, 3.05) is 20.8 Å². The van der Waals surface area contributed by atoms with Gasteiger partial charge >= 0.3 is 0 Å². The van der Waals surface area contributed by atoms with E-state index >= 15 is 0 Å². The van der Waals surface area contributed by atoms with Gasteiger partial charge in [0, 0.05) is 30.6 Å². The zero-order valence-corrected chi connectivity index (χ0v) is 23.9. The first-order valence-corrected chi connectivity index (χ1v) is 14.8. The Morgan fingerprint density at radius 2 is 1.55 bits per heavy atom. The van der Waals surface area contributed by atoms with Crippen molar-refractivity contribution >= 4 is 22.8 Å². The predicted octanol–water partition coefficient (Wildman–Crippen LogP) is 5.52. The Morgan fingerprint density at radius 3 is 2.20 bits per heavy atom. The summed E-state index contributed by atoms with van der Waals surface area (Å²) in [6.45, 7) is 0.687. The fourth-order valence-corrected chi connectivity index (χ4v) is 6.50. The minimum absolute atomic E-state index is 0.194. The Morgan fingerprint density at radius 1 is 0.900 bits per heavy atom. The van der Waals surface area contributed by atoms with Crippen LogP contribution in [0.4, 0.5) is 0 Å². The summed E-state index contributed by atoms with van der Waals surface area (Å²) in [7, 11) is 3.12. The van der Waals surface area contributed by atoms with E-state index in [-0.39, 0.29) is 18.4 Å². The maximum absolute atomic E-state index is 14.1. The molecule has 214 valence electrons. The molecule has 8 heteroatoms. The zero-order valence-electron chi connectivity index (χ0n) is 23.9. The average molecular weight is 547 g/mol. The van der Waals surface area contributed by atoms with Crippen LogP contribution in [-0.2, 0) is 17.8 Å². The number of para-hydroxylation sites is 2. The van der Waals surface area contributed by atoms with E-state index in [9.17, 15) is 9.59 Å². The molecular formula is C32H42N4O4. The summed E-state index contributed by atoms with van der Waals surface area (Å²) in [5, 5.41) is 3.00. The highest BCUT2D eigenvalue weighted by molar-refractivity contribution is 5.94. The van der Waals surface area contributed by atoms with Gasteiger partial charge in [-0.15, -0.1) is 0 Å². The van der Waals surface area contributed by atoms with E-state index in [1.807, 2.05) is 24.3 Å². The van der Waals surface area contributed by atoms with Crippen molar-refractivity contribution in [3.63, 3.8) is 0 Å². The summed E-state index contributed by atoms with van der Waals surface area (Å²) in [4.78, 5) is 34.1. The number of nitrogens with one attached hydrogen (secondary N) is 1. The third-order valence-corrected chi connectivity index (χ3v) is 8.53. The second kappa shape index (κ2) is 13.2. The van der Waals surface area contributed by atoms with E-state index in [0.29, 0.717) is 42.1 Å². The molecule has 0 unspecified atom stereocenters. The van der Waals surface area contributed by atoms with Gasteiger partial charge in [-0.05, 0) is 56.0 Å². The Labute approximate surface area is 237 Å². The summed E-state index contributed by atoms with van der Waals surface area (Å²) in [6.07, 6.45) is 12.4. The number of fused-ring (bicyclic) bond motifs is 1. The van der Waals surface area contributed by atoms with Crippen LogP contribution in [0.5, 0.6) is 11.5 Å². The first-order chi connectivity index (χ1) is 19.6. The standard InChI is InChI=1S/C32H42N4O4/c1-39-28-18-17-23(21-29(28)40-2)32(38)33-20-19-30-34-26-15-9-10-16-27(26)35(30)22-31(37)36(24-11-5-3-6-12-24)25-13-7-4-8-14-25/h9-10,15-18,21,24-25H,3-8,11-14,19-20,22H2,1-2H3,(H,33,38). The first kappa shape index (κ1) is 28.0. The Balaban J connectivity index is 1.32. The molecule has 2 amide bonds. The van der Waals surface area contributed by atoms with Gasteiger partial charge in [0.05, 0.1) is 25.3 Å². The van der Waals surface area contributed by atoms with Gasteiger partial charge in [-0.2, -0.15) is 0 Å². The number of hydrogen-bond donors (Lipinski definition) is 1. The second-order valence-electron chi connectivity index (χ2n) is 11.1. The SMILES string of the molecule is COc1ccc(C(=O)NCCc2nc3ccccc3n2CC(=O)N(C2CCCCC2)C2CCCCC2)cc1OC. The van der Waals surface area contributed by atoms with Gasteiger partial charge < -0.3 is 24.3 Å². The number of hydrogen-bond acceptors (Lipinski definition) is 5. The molecular weight excluding hydrogens is 504 g/mol. The number of imidazole rings is 1. The third-order valence-electron chi connectivity index (χ3n) is 8.53. The number of methoxy groups -OCH3 is 2. The van der Waals surface area contributed by atoms with E-state index in [4.69, 9.17) is 14.5 Å². The maximum atomic E-state index is 14.1.